The van der Waals surface area contributed by atoms with Crippen LogP contribution in [0.25, 0.3) is 0 Å². The number of fused-ring (bicyclic) bond motifs is 2. The van der Waals surface area contributed by atoms with E-state index in [-0.39, 0.29) is 17.9 Å². The molecule has 1 fully saturated rings. The van der Waals surface area contributed by atoms with Crippen LogP contribution in [0.5, 0.6) is 0 Å². The molecule has 28 heavy (non-hydrogen) atoms. The molecule has 0 unspecified atom stereocenters. The molecule has 1 N–H and O–H groups in total. The summed E-state index contributed by atoms with van der Waals surface area (Å²) >= 11 is 1.11. The molecule has 0 radical (unpaired) electrons. The van der Waals surface area contributed by atoms with Gasteiger partial charge >= 0.3 is 0 Å². The summed E-state index contributed by atoms with van der Waals surface area (Å²) in [5, 5.41) is 7.03. The second-order valence-electron chi connectivity index (χ2n) is 7.22. The highest BCUT2D eigenvalue weighted by atomic mass is 32.1. The van der Waals surface area contributed by atoms with Crippen LogP contribution in [0.15, 0.2) is 54.6 Å². The minimum absolute atomic E-state index is 0.0444. The maximum atomic E-state index is 13.4. The third-order valence-electron chi connectivity index (χ3n) is 5.81. The first kappa shape index (κ1) is 17.1. The van der Waals surface area contributed by atoms with E-state index in [1.807, 2.05) is 59.5 Å². The van der Waals surface area contributed by atoms with Crippen molar-refractivity contribution in [1.29, 1.82) is 0 Å². The van der Waals surface area contributed by atoms with Crippen LogP contribution >= 0.6 is 11.5 Å². The Morgan fingerprint density at radius 1 is 1.18 bits per heavy atom. The van der Waals surface area contributed by atoms with Gasteiger partial charge in [0.1, 0.15) is 10.3 Å². The van der Waals surface area contributed by atoms with Crippen molar-refractivity contribution in [2.24, 2.45) is 0 Å². The first-order chi connectivity index (χ1) is 13.6. The molecule has 2 aliphatic rings. The topological polar surface area (TPSA) is 75.2 Å². The normalized spacial score (nSPS) is 23.1. The van der Waals surface area contributed by atoms with Gasteiger partial charge < -0.3 is 10.2 Å². The van der Waals surface area contributed by atoms with Crippen molar-refractivity contribution in [3.05, 3.63) is 76.3 Å². The zero-order valence-electron chi connectivity index (χ0n) is 15.3. The number of aromatic nitrogens is 2. The summed E-state index contributed by atoms with van der Waals surface area (Å²) in [5.74, 6) is -0.160. The number of amides is 2. The number of hydrogen-bond acceptors (Lipinski definition) is 5. The highest BCUT2D eigenvalue weighted by molar-refractivity contribution is 7.07. The third kappa shape index (κ3) is 2.26. The number of benzene rings is 2. The van der Waals surface area contributed by atoms with Crippen LogP contribution in [-0.2, 0) is 10.2 Å². The summed E-state index contributed by atoms with van der Waals surface area (Å²) < 4.78 is 3.92. The summed E-state index contributed by atoms with van der Waals surface area (Å²) in [5.41, 5.74) is 2.58. The number of para-hydroxylation sites is 1. The largest absolute Gasteiger partial charge is 0.329 e. The Kier molecular flexibility index (Phi) is 3.80. The van der Waals surface area contributed by atoms with E-state index in [1.54, 1.807) is 6.92 Å². The fourth-order valence-electron chi connectivity index (χ4n) is 4.56. The Morgan fingerprint density at radius 3 is 2.68 bits per heavy atom. The van der Waals surface area contributed by atoms with Crippen molar-refractivity contribution in [3.8, 4) is 0 Å². The van der Waals surface area contributed by atoms with Gasteiger partial charge in [-0.1, -0.05) is 53.0 Å². The molecule has 7 heteroatoms. The lowest BCUT2D eigenvalue weighted by atomic mass is 9.72. The summed E-state index contributed by atoms with van der Waals surface area (Å²) in [6, 6.07) is 17.2. The van der Waals surface area contributed by atoms with E-state index in [0.29, 0.717) is 23.5 Å². The Morgan fingerprint density at radius 2 is 1.93 bits per heavy atom. The Hall–Kier alpha value is -3.06. The smallest absolute Gasteiger partial charge is 0.268 e. The molecular weight excluding hydrogens is 372 g/mol. The van der Waals surface area contributed by atoms with Crippen LogP contribution in [0.3, 0.4) is 0 Å². The Balaban J connectivity index is 1.69. The predicted molar refractivity (Wildman–Crippen MR) is 106 cm³/mol. The molecule has 2 amide bonds. The van der Waals surface area contributed by atoms with Gasteiger partial charge in [-0.15, -0.1) is 5.10 Å². The first-order valence-corrected chi connectivity index (χ1v) is 9.96. The monoisotopic (exact) mass is 390 g/mol. The molecule has 2 aliphatic heterocycles. The van der Waals surface area contributed by atoms with Crippen LogP contribution in [0, 0.1) is 6.92 Å². The van der Waals surface area contributed by atoms with Gasteiger partial charge in [0.15, 0.2) is 0 Å². The molecule has 3 heterocycles. The minimum Gasteiger partial charge on any atom is -0.329 e. The SMILES string of the molecule is Cc1nnsc1C(=O)N1CC[C@]2(C(=O)Nc3ccccc32)[C@@H]1c1ccccc1. The standard InChI is InChI=1S/C21H18N4O2S/c1-13-17(28-24-23-13)19(26)25-12-11-21(18(25)14-7-3-2-4-8-14)15-9-5-6-10-16(15)22-20(21)27/h2-10,18H,11-12H2,1H3,(H,22,27)/t18-,21+/m0/s1. The maximum absolute atomic E-state index is 13.4. The van der Waals surface area contributed by atoms with Crippen molar-refractivity contribution < 1.29 is 9.59 Å². The van der Waals surface area contributed by atoms with Gasteiger partial charge in [0.25, 0.3) is 5.91 Å². The van der Waals surface area contributed by atoms with E-state index < -0.39 is 5.41 Å². The first-order valence-electron chi connectivity index (χ1n) is 9.19. The predicted octanol–water partition coefficient (Wildman–Crippen LogP) is 3.32. The molecule has 2 atom stereocenters. The molecule has 1 aromatic heterocycles. The average molecular weight is 390 g/mol. The van der Waals surface area contributed by atoms with Crippen LogP contribution in [0.4, 0.5) is 5.69 Å². The summed E-state index contributed by atoms with van der Waals surface area (Å²) in [6.07, 6.45) is 0.576. The highest BCUT2D eigenvalue weighted by Crippen LogP contribution is 2.55. The van der Waals surface area contributed by atoms with Gasteiger partial charge in [0.2, 0.25) is 5.91 Å². The molecular formula is C21H18N4O2S. The molecule has 0 bridgehead atoms. The van der Waals surface area contributed by atoms with E-state index in [9.17, 15) is 9.59 Å². The molecule has 3 aromatic rings. The molecule has 0 saturated carbocycles. The van der Waals surface area contributed by atoms with Gasteiger partial charge in [0.05, 0.1) is 11.7 Å². The van der Waals surface area contributed by atoms with Crippen LogP contribution < -0.4 is 5.32 Å². The lowest BCUT2D eigenvalue weighted by Gasteiger charge is -2.34. The van der Waals surface area contributed by atoms with Crippen molar-refractivity contribution in [3.63, 3.8) is 0 Å². The van der Waals surface area contributed by atoms with Gasteiger partial charge in [0, 0.05) is 12.2 Å². The lowest BCUT2D eigenvalue weighted by molar-refractivity contribution is -0.121. The summed E-state index contributed by atoms with van der Waals surface area (Å²) in [7, 11) is 0. The van der Waals surface area contributed by atoms with E-state index in [0.717, 1.165) is 28.3 Å². The van der Waals surface area contributed by atoms with Gasteiger partial charge in [-0.05, 0) is 42.1 Å². The summed E-state index contributed by atoms with van der Waals surface area (Å²) in [4.78, 5) is 29.0. The van der Waals surface area contributed by atoms with Crippen molar-refractivity contribution in [2.75, 3.05) is 11.9 Å². The molecule has 1 saturated heterocycles. The van der Waals surface area contributed by atoms with Crippen molar-refractivity contribution in [2.45, 2.75) is 24.8 Å². The number of nitrogens with one attached hydrogen (secondary N) is 1. The molecule has 1 spiro atoms. The number of carbonyl (C=O) groups excluding carboxylic acids is 2. The van der Waals surface area contributed by atoms with E-state index in [4.69, 9.17) is 0 Å². The average Bonchev–Trinajstić information content (AvgIpc) is 3.40. The number of nitrogens with zero attached hydrogens (tertiary/aromatic N) is 3. The van der Waals surface area contributed by atoms with E-state index >= 15 is 0 Å². The Bertz CT molecular complexity index is 1080. The molecule has 2 aromatic carbocycles. The van der Waals surface area contributed by atoms with E-state index in [1.165, 1.54) is 0 Å². The van der Waals surface area contributed by atoms with Crippen molar-refractivity contribution >= 4 is 29.0 Å². The molecule has 0 aliphatic carbocycles. The van der Waals surface area contributed by atoms with Crippen LogP contribution in [0.1, 0.15) is 39.0 Å². The number of aryl methyl sites for hydroxylation is 1. The summed E-state index contributed by atoms with van der Waals surface area (Å²) in [6.45, 7) is 2.29. The fraction of sp³-hybridized carbons (Fsp3) is 0.238. The molecule has 140 valence electrons. The van der Waals surface area contributed by atoms with Crippen molar-refractivity contribution in [1.82, 2.24) is 14.5 Å². The number of hydrogen-bond donors (Lipinski definition) is 1. The van der Waals surface area contributed by atoms with Gasteiger partial charge in [-0.3, -0.25) is 9.59 Å². The molecule has 6 nitrogen and oxygen atoms in total. The van der Waals surface area contributed by atoms with Gasteiger partial charge in [-0.25, -0.2) is 0 Å². The fourth-order valence-corrected chi connectivity index (χ4v) is 5.18. The minimum atomic E-state index is -0.792. The zero-order valence-corrected chi connectivity index (χ0v) is 16.1. The van der Waals surface area contributed by atoms with Crippen LogP contribution in [0.2, 0.25) is 0 Å². The Labute approximate surface area is 166 Å². The van der Waals surface area contributed by atoms with E-state index in [2.05, 4.69) is 14.9 Å². The second-order valence-corrected chi connectivity index (χ2v) is 7.97. The number of carbonyl (C=O) groups is 2. The zero-order chi connectivity index (χ0) is 19.3. The number of likely N-dealkylation sites (tertiary alicyclic amines) is 1. The molecule has 5 rings (SSSR count). The second kappa shape index (κ2) is 6.24. The maximum Gasteiger partial charge on any atom is 0.268 e. The van der Waals surface area contributed by atoms with Gasteiger partial charge in [-0.2, -0.15) is 0 Å². The van der Waals surface area contributed by atoms with Crippen LogP contribution in [-0.4, -0.2) is 32.8 Å². The number of anilines is 1. The lowest BCUT2D eigenvalue weighted by Crippen LogP contribution is -2.42. The number of rotatable bonds is 2. The third-order valence-corrected chi connectivity index (χ3v) is 6.62. The highest BCUT2D eigenvalue weighted by Gasteiger charge is 2.59. The quantitative estimate of drug-likeness (QED) is 0.728.